The maximum absolute atomic E-state index is 10.9. The van der Waals surface area contributed by atoms with E-state index in [1.165, 1.54) is 18.6 Å². The fourth-order valence-electron chi connectivity index (χ4n) is 1.08. The number of nitrogens with one attached hydrogen (secondary N) is 1. The summed E-state index contributed by atoms with van der Waals surface area (Å²) < 4.78 is 0. The number of aromatic hydroxyl groups is 1. The van der Waals surface area contributed by atoms with Crippen LogP contribution in [0.25, 0.3) is 11.3 Å². The largest absolute Gasteiger partial charge is 0.503 e. The zero-order chi connectivity index (χ0) is 9.97. The highest BCUT2D eigenvalue weighted by Crippen LogP contribution is 2.15. The van der Waals surface area contributed by atoms with Crippen LogP contribution >= 0.6 is 0 Å². The minimum atomic E-state index is -0.511. The number of aromatic nitrogens is 3. The van der Waals surface area contributed by atoms with Crippen molar-refractivity contribution in [3.8, 4) is 17.0 Å². The molecule has 0 bridgehead atoms. The van der Waals surface area contributed by atoms with E-state index in [0.717, 1.165) is 0 Å². The van der Waals surface area contributed by atoms with Gasteiger partial charge in [-0.2, -0.15) is 0 Å². The van der Waals surface area contributed by atoms with Gasteiger partial charge in [0.25, 0.3) is 5.56 Å². The first-order valence-corrected chi connectivity index (χ1v) is 3.95. The Hall–Kier alpha value is -2.17. The van der Waals surface area contributed by atoms with Gasteiger partial charge >= 0.3 is 0 Å². The molecular formula is C9H7N3O2. The molecule has 0 unspecified atom stereocenters. The first-order valence-electron chi connectivity index (χ1n) is 3.95. The second kappa shape index (κ2) is 3.29. The van der Waals surface area contributed by atoms with Gasteiger partial charge in [-0.25, -0.2) is 9.97 Å². The van der Waals surface area contributed by atoms with Crippen LogP contribution in [-0.2, 0) is 0 Å². The zero-order valence-electron chi connectivity index (χ0n) is 7.14. The maximum atomic E-state index is 10.9. The number of hydrogen-bond donors (Lipinski definition) is 2. The molecule has 2 aromatic heterocycles. The molecule has 0 aliphatic carbocycles. The number of H-pyrrole nitrogens is 1. The molecule has 0 aliphatic rings. The molecule has 0 atom stereocenters. The third-order valence-electron chi connectivity index (χ3n) is 1.76. The molecule has 0 spiro atoms. The van der Waals surface area contributed by atoms with Gasteiger partial charge in [0.05, 0.1) is 5.69 Å². The minimum Gasteiger partial charge on any atom is -0.503 e. The Kier molecular flexibility index (Phi) is 1.98. The van der Waals surface area contributed by atoms with Crippen LogP contribution < -0.4 is 5.56 Å². The SMILES string of the molecule is O=c1[nH]cc(-c2ccncn2)cc1O. The van der Waals surface area contributed by atoms with Gasteiger partial charge in [0, 0.05) is 18.0 Å². The first-order chi connectivity index (χ1) is 6.77. The predicted octanol–water partition coefficient (Wildman–Crippen LogP) is 0.537. The molecule has 0 saturated carbocycles. The number of hydrogen-bond acceptors (Lipinski definition) is 4. The summed E-state index contributed by atoms with van der Waals surface area (Å²) in [5.74, 6) is -0.318. The second-order valence-corrected chi connectivity index (χ2v) is 2.70. The van der Waals surface area contributed by atoms with E-state index in [-0.39, 0.29) is 5.75 Å². The first kappa shape index (κ1) is 8.43. The van der Waals surface area contributed by atoms with Crippen molar-refractivity contribution < 1.29 is 5.11 Å². The third-order valence-corrected chi connectivity index (χ3v) is 1.76. The molecule has 0 saturated heterocycles. The second-order valence-electron chi connectivity index (χ2n) is 2.70. The van der Waals surface area contributed by atoms with Gasteiger partial charge < -0.3 is 10.1 Å². The molecule has 14 heavy (non-hydrogen) atoms. The van der Waals surface area contributed by atoms with E-state index in [1.807, 2.05) is 0 Å². The Morgan fingerprint density at radius 2 is 2.29 bits per heavy atom. The van der Waals surface area contributed by atoms with Crippen molar-refractivity contribution in [3.05, 3.63) is 41.2 Å². The van der Waals surface area contributed by atoms with Gasteiger partial charge in [-0.15, -0.1) is 0 Å². The maximum Gasteiger partial charge on any atom is 0.290 e. The van der Waals surface area contributed by atoms with Gasteiger partial charge in [0.15, 0.2) is 5.75 Å². The average Bonchev–Trinajstić information content (AvgIpc) is 2.23. The topological polar surface area (TPSA) is 78.9 Å². The molecule has 2 rings (SSSR count). The molecule has 2 N–H and O–H groups in total. The molecule has 0 aromatic carbocycles. The minimum absolute atomic E-state index is 0.318. The summed E-state index contributed by atoms with van der Waals surface area (Å²) in [7, 11) is 0. The Bertz CT molecular complexity index is 493. The fourth-order valence-corrected chi connectivity index (χ4v) is 1.08. The predicted molar refractivity (Wildman–Crippen MR) is 49.8 cm³/mol. The molecular weight excluding hydrogens is 182 g/mol. The van der Waals surface area contributed by atoms with E-state index >= 15 is 0 Å². The molecule has 5 nitrogen and oxygen atoms in total. The lowest BCUT2D eigenvalue weighted by molar-refractivity contribution is 0.467. The average molecular weight is 189 g/mol. The van der Waals surface area contributed by atoms with Gasteiger partial charge in [0.1, 0.15) is 6.33 Å². The Morgan fingerprint density at radius 1 is 1.43 bits per heavy atom. The van der Waals surface area contributed by atoms with E-state index < -0.39 is 5.56 Å². The van der Waals surface area contributed by atoms with E-state index in [1.54, 1.807) is 12.3 Å². The van der Waals surface area contributed by atoms with Crippen molar-refractivity contribution in [3.63, 3.8) is 0 Å². The highest BCUT2D eigenvalue weighted by molar-refractivity contribution is 5.58. The molecule has 70 valence electrons. The van der Waals surface area contributed by atoms with Crippen molar-refractivity contribution in [1.29, 1.82) is 0 Å². The van der Waals surface area contributed by atoms with Gasteiger partial charge in [-0.1, -0.05) is 0 Å². The Labute approximate surface area is 79.1 Å². The van der Waals surface area contributed by atoms with Gasteiger partial charge in [0.2, 0.25) is 0 Å². The van der Waals surface area contributed by atoms with Crippen molar-refractivity contribution in [2.75, 3.05) is 0 Å². The van der Waals surface area contributed by atoms with Crippen molar-refractivity contribution in [1.82, 2.24) is 15.0 Å². The number of aromatic amines is 1. The van der Waals surface area contributed by atoms with Gasteiger partial charge in [-0.3, -0.25) is 4.79 Å². The smallest absolute Gasteiger partial charge is 0.290 e. The van der Waals surface area contributed by atoms with Crippen LogP contribution in [0.15, 0.2) is 35.6 Å². The quantitative estimate of drug-likeness (QED) is 0.686. The summed E-state index contributed by atoms with van der Waals surface area (Å²) in [4.78, 5) is 21.0. The van der Waals surface area contributed by atoms with Crippen LogP contribution in [0.1, 0.15) is 0 Å². The lowest BCUT2D eigenvalue weighted by Gasteiger charge is -1.98. The summed E-state index contributed by atoms with van der Waals surface area (Å²) >= 11 is 0. The van der Waals surface area contributed by atoms with Crippen LogP contribution in [0.5, 0.6) is 5.75 Å². The lowest BCUT2D eigenvalue weighted by Crippen LogP contribution is -2.03. The highest BCUT2D eigenvalue weighted by Gasteiger charge is 2.01. The summed E-state index contributed by atoms with van der Waals surface area (Å²) in [5.41, 5.74) is 0.777. The van der Waals surface area contributed by atoms with Crippen LogP contribution in [0.4, 0.5) is 0 Å². The summed E-state index contributed by atoms with van der Waals surface area (Å²) in [5, 5.41) is 9.17. The number of pyridine rings is 1. The lowest BCUT2D eigenvalue weighted by atomic mass is 10.2. The van der Waals surface area contributed by atoms with E-state index in [2.05, 4.69) is 15.0 Å². The number of rotatable bonds is 1. The van der Waals surface area contributed by atoms with Crippen LogP contribution in [-0.4, -0.2) is 20.1 Å². The Balaban J connectivity index is 2.54. The molecule has 0 aliphatic heterocycles. The van der Waals surface area contributed by atoms with E-state index in [4.69, 9.17) is 0 Å². The number of nitrogens with zero attached hydrogens (tertiary/aromatic N) is 2. The molecule has 2 heterocycles. The van der Waals surface area contributed by atoms with Crippen molar-refractivity contribution in [2.45, 2.75) is 0 Å². The summed E-state index contributed by atoms with van der Waals surface area (Å²) in [6, 6.07) is 3.05. The molecule has 5 heteroatoms. The molecule has 2 aromatic rings. The summed E-state index contributed by atoms with van der Waals surface area (Å²) in [6.07, 6.45) is 4.48. The van der Waals surface area contributed by atoms with Crippen LogP contribution in [0.3, 0.4) is 0 Å². The standard InChI is InChI=1S/C9H7N3O2/c13-8-3-6(4-11-9(8)14)7-1-2-10-5-12-7/h1-5,13H,(H,11,14). The fraction of sp³-hybridized carbons (Fsp3) is 0. The van der Waals surface area contributed by atoms with E-state index in [9.17, 15) is 9.90 Å². The van der Waals surface area contributed by atoms with Crippen LogP contribution in [0, 0.1) is 0 Å². The zero-order valence-corrected chi connectivity index (χ0v) is 7.14. The molecule has 0 amide bonds. The van der Waals surface area contributed by atoms with Crippen molar-refractivity contribution >= 4 is 0 Å². The molecule has 0 radical (unpaired) electrons. The summed E-state index contributed by atoms with van der Waals surface area (Å²) in [6.45, 7) is 0. The monoisotopic (exact) mass is 189 g/mol. The van der Waals surface area contributed by atoms with Gasteiger partial charge in [-0.05, 0) is 12.1 Å². The highest BCUT2D eigenvalue weighted by atomic mass is 16.3. The third kappa shape index (κ3) is 1.47. The normalized spacial score (nSPS) is 10.0. The Morgan fingerprint density at radius 3 is 2.93 bits per heavy atom. The van der Waals surface area contributed by atoms with Crippen molar-refractivity contribution in [2.24, 2.45) is 0 Å². The van der Waals surface area contributed by atoms with Crippen LogP contribution in [0.2, 0.25) is 0 Å². The van der Waals surface area contributed by atoms with E-state index in [0.29, 0.717) is 11.3 Å². The molecule has 0 fully saturated rings.